The first kappa shape index (κ1) is 19.5. The van der Waals surface area contributed by atoms with Gasteiger partial charge in [0.2, 0.25) is 0 Å². The largest absolute Gasteiger partial charge is 0.364 e. The molecule has 4 rings (SSSR count). The molecule has 3 aromatic rings. The van der Waals surface area contributed by atoms with Gasteiger partial charge < -0.3 is 15.3 Å². The molecule has 0 aromatic carbocycles. The van der Waals surface area contributed by atoms with E-state index in [1.807, 2.05) is 18.5 Å². The molecule has 3 N–H and O–H groups in total. The summed E-state index contributed by atoms with van der Waals surface area (Å²) in [6.07, 6.45) is 10.7. The van der Waals surface area contributed by atoms with Crippen molar-refractivity contribution in [3.63, 3.8) is 0 Å². The van der Waals surface area contributed by atoms with E-state index in [1.165, 1.54) is 30.0 Å². The summed E-state index contributed by atoms with van der Waals surface area (Å²) in [4.78, 5) is 13.0. The van der Waals surface area contributed by atoms with Crippen LogP contribution in [0.1, 0.15) is 29.8 Å². The second-order valence-corrected chi connectivity index (χ2v) is 9.39. The first-order chi connectivity index (χ1) is 13.7. The van der Waals surface area contributed by atoms with Gasteiger partial charge in [-0.15, -0.1) is 11.3 Å². The molecule has 0 spiro atoms. The number of imidazole rings is 1. The van der Waals surface area contributed by atoms with Crippen molar-refractivity contribution in [2.24, 2.45) is 11.7 Å². The zero-order valence-corrected chi connectivity index (χ0v) is 18.1. The molecule has 1 fully saturated rings. The van der Waals surface area contributed by atoms with Crippen LogP contribution in [-0.4, -0.2) is 37.6 Å². The Kier molecular flexibility index (Phi) is 6.04. The van der Waals surface area contributed by atoms with Gasteiger partial charge in [0, 0.05) is 53.4 Å². The maximum Gasteiger partial charge on any atom is 0.169 e. The third kappa shape index (κ3) is 3.97. The zero-order valence-electron chi connectivity index (χ0n) is 16.4. The predicted octanol–water partition coefficient (Wildman–Crippen LogP) is 4.73. The third-order valence-electron chi connectivity index (χ3n) is 5.36. The minimum atomic E-state index is 0.531. The minimum Gasteiger partial charge on any atom is -0.364 e. The van der Waals surface area contributed by atoms with Gasteiger partial charge in [0.15, 0.2) is 10.8 Å². The summed E-state index contributed by atoms with van der Waals surface area (Å²) in [5.74, 6) is 4.30. The molecule has 0 saturated carbocycles. The SMILES string of the molecule is Cc1[nH]cc(-c2csc(-c3ncc(C)n3CC3CCSCC3)n2)c1/C=C\CN. The van der Waals surface area contributed by atoms with Crippen LogP contribution in [0.25, 0.3) is 28.2 Å². The van der Waals surface area contributed by atoms with Gasteiger partial charge in [0.1, 0.15) is 0 Å². The van der Waals surface area contributed by atoms with E-state index >= 15 is 0 Å². The number of nitrogens with two attached hydrogens (primary N) is 1. The van der Waals surface area contributed by atoms with Crippen LogP contribution in [0.5, 0.6) is 0 Å². The molecule has 0 amide bonds. The highest BCUT2D eigenvalue weighted by molar-refractivity contribution is 7.99. The fraction of sp³-hybridized carbons (Fsp3) is 0.429. The summed E-state index contributed by atoms with van der Waals surface area (Å²) in [7, 11) is 0. The molecule has 4 heterocycles. The van der Waals surface area contributed by atoms with Crippen LogP contribution in [0.4, 0.5) is 0 Å². The maximum atomic E-state index is 5.64. The second-order valence-electron chi connectivity index (χ2n) is 7.31. The van der Waals surface area contributed by atoms with Crippen molar-refractivity contribution in [3.8, 4) is 22.1 Å². The summed E-state index contributed by atoms with van der Waals surface area (Å²) in [5, 5.41) is 3.12. The van der Waals surface area contributed by atoms with Crippen LogP contribution in [0.15, 0.2) is 23.8 Å². The van der Waals surface area contributed by atoms with Gasteiger partial charge in [-0.3, -0.25) is 0 Å². The molecule has 0 atom stereocenters. The molecule has 1 saturated heterocycles. The first-order valence-electron chi connectivity index (χ1n) is 9.78. The molecule has 1 aliphatic rings. The van der Waals surface area contributed by atoms with Crippen molar-refractivity contribution < 1.29 is 0 Å². The minimum absolute atomic E-state index is 0.531. The van der Waals surface area contributed by atoms with Gasteiger partial charge in [-0.05, 0) is 44.1 Å². The average molecular weight is 414 g/mol. The van der Waals surface area contributed by atoms with E-state index in [-0.39, 0.29) is 0 Å². The number of hydrogen-bond acceptors (Lipinski definition) is 5. The van der Waals surface area contributed by atoms with Crippen LogP contribution in [0, 0.1) is 19.8 Å². The van der Waals surface area contributed by atoms with Crippen molar-refractivity contribution in [2.45, 2.75) is 33.2 Å². The maximum absolute atomic E-state index is 5.64. The van der Waals surface area contributed by atoms with Crippen LogP contribution < -0.4 is 5.73 Å². The Morgan fingerprint density at radius 2 is 2.14 bits per heavy atom. The van der Waals surface area contributed by atoms with E-state index in [0.29, 0.717) is 6.54 Å². The third-order valence-corrected chi connectivity index (χ3v) is 7.24. The van der Waals surface area contributed by atoms with Crippen molar-refractivity contribution in [1.29, 1.82) is 0 Å². The predicted molar refractivity (Wildman–Crippen MR) is 121 cm³/mol. The summed E-state index contributed by atoms with van der Waals surface area (Å²) in [5.41, 5.74) is 11.2. The van der Waals surface area contributed by atoms with Crippen LogP contribution in [0.3, 0.4) is 0 Å². The Balaban J connectivity index is 1.63. The summed E-state index contributed by atoms with van der Waals surface area (Å²) in [6, 6.07) is 0. The fourth-order valence-electron chi connectivity index (χ4n) is 3.70. The van der Waals surface area contributed by atoms with Crippen LogP contribution >= 0.6 is 23.1 Å². The van der Waals surface area contributed by atoms with Crippen LogP contribution in [-0.2, 0) is 6.54 Å². The number of aromatic amines is 1. The molecule has 0 radical (unpaired) electrons. The molecule has 3 aromatic heterocycles. The Morgan fingerprint density at radius 3 is 2.93 bits per heavy atom. The lowest BCUT2D eigenvalue weighted by molar-refractivity contribution is 0.415. The van der Waals surface area contributed by atoms with E-state index in [9.17, 15) is 0 Å². The number of aromatic nitrogens is 4. The van der Waals surface area contributed by atoms with E-state index in [1.54, 1.807) is 11.3 Å². The number of thiazole rings is 1. The topological polar surface area (TPSA) is 72.5 Å². The molecule has 7 heteroatoms. The normalized spacial score (nSPS) is 15.7. The van der Waals surface area contributed by atoms with Gasteiger partial charge in [-0.1, -0.05) is 12.2 Å². The van der Waals surface area contributed by atoms with Gasteiger partial charge >= 0.3 is 0 Å². The highest BCUT2D eigenvalue weighted by Crippen LogP contribution is 2.33. The number of rotatable bonds is 6. The highest BCUT2D eigenvalue weighted by Gasteiger charge is 2.20. The number of thioether (sulfide) groups is 1. The number of hydrogen-bond donors (Lipinski definition) is 2. The van der Waals surface area contributed by atoms with Crippen molar-refractivity contribution in [1.82, 2.24) is 19.5 Å². The van der Waals surface area contributed by atoms with E-state index in [2.05, 4.69) is 46.6 Å². The quantitative estimate of drug-likeness (QED) is 0.612. The number of nitrogens with one attached hydrogen (secondary N) is 1. The lowest BCUT2D eigenvalue weighted by atomic mass is 10.0. The van der Waals surface area contributed by atoms with Crippen molar-refractivity contribution >= 4 is 29.2 Å². The van der Waals surface area contributed by atoms with Gasteiger partial charge in [0.25, 0.3) is 0 Å². The Labute approximate surface area is 174 Å². The van der Waals surface area contributed by atoms with Crippen molar-refractivity contribution in [3.05, 3.63) is 40.8 Å². The molecular weight excluding hydrogens is 386 g/mol. The molecule has 28 heavy (non-hydrogen) atoms. The monoisotopic (exact) mass is 413 g/mol. The summed E-state index contributed by atoms with van der Waals surface area (Å²) >= 11 is 3.74. The van der Waals surface area contributed by atoms with E-state index < -0.39 is 0 Å². The van der Waals surface area contributed by atoms with Crippen molar-refractivity contribution in [2.75, 3.05) is 18.1 Å². The molecule has 0 aliphatic carbocycles. The Hall–Kier alpha value is -1.83. The Bertz CT molecular complexity index is 960. The number of nitrogens with zero attached hydrogens (tertiary/aromatic N) is 3. The Morgan fingerprint density at radius 1 is 1.32 bits per heavy atom. The summed E-state index contributed by atoms with van der Waals surface area (Å²) in [6.45, 7) is 5.80. The number of aryl methyl sites for hydroxylation is 2. The van der Waals surface area contributed by atoms with E-state index in [0.717, 1.165) is 45.8 Å². The van der Waals surface area contributed by atoms with Gasteiger partial charge in [0.05, 0.1) is 5.69 Å². The molecule has 0 unspecified atom stereocenters. The van der Waals surface area contributed by atoms with Gasteiger partial charge in [-0.25, -0.2) is 9.97 Å². The number of H-pyrrole nitrogens is 1. The molecular formula is C21H27N5S2. The molecule has 1 aliphatic heterocycles. The highest BCUT2D eigenvalue weighted by atomic mass is 32.2. The lowest BCUT2D eigenvalue weighted by Crippen LogP contribution is -2.17. The molecule has 148 valence electrons. The first-order valence-corrected chi connectivity index (χ1v) is 11.8. The standard InChI is InChI=1S/C21H27N5S2/c1-14-10-24-20(26(14)12-16-5-8-27-9-6-16)21-25-19(13-28-21)18-11-23-15(2)17(18)4-3-7-22/h3-4,10-11,13,16,23H,5-9,12,22H2,1-2H3/b4-3-. The van der Waals surface area contributed by atoms with Gasteiger partial charge in [-0.2, -0.15) is 11.8 Å². The molecule has 5 nitrogen and oxygen atoms in total. The zero-order chi connectivity index (χ0) is 19.5. The summed E-state index contributed by atoms with van der Waals surface area (Å²) < 4.78 is 2.36. The second kappa shape index (κ2) is 8.68. The van der Waals surface area contributed by atoms with E-state index in [4.69, 9.17) is 15.7 Å². The lowest BCUT2D eigenvalue weighted by Gasteiger charge is -2.23. The molecule has 0 bridgehead atoms. The fourth-order valence-corrected chi connectivity index (χ4v) is 5.73. The van der Waals surface area contributed by atoms with Crippen LogP contribution in [0.2, 0.25) is 0 Å². The smallest absolute Gasteiger partial charge is 0.169 e. The average Bonchev–Trinajstić information content (AvgIpc) is 3.41.